The molecule has 0 aliphatic rings. The molecule has 0 radical (unpaired) electrons. The Balaban J connectivity index is 2.62. The van der Waals surface area contributed by atoms with Crippen LogP contribution in [-0.2, 0) is 0 Å². The fourth-order valence-electron chi connectivity index (χ4n) is 1.72. The van der Waals surface area contributed by atoms with Crippen molar-refractivity contribution in [1.29, 1.82) is 0 Å². The number of nitrogens with zero attached hydrogens (tertiary/aromatic N) is 3. The van der Waals surface area contributed by atoms with Crippen LogP contribution in [0.1, 0.15) is 23.1 Å². The van der Waals surface area contributed by atoms with Crippen LogP contribution >= 0.6 is 31.9 Å². The highest BCUT2D eigenvalue weighted by atomic mass is 79.9. The summed E-state index contributed by atoms with van der Waals surface area (Å²) in [6.45, 7) is 3.27. The Morgan fingerprint density at radius 2 is 2.00 bits per heavy atom. The molecule has 0 saturated carbocycles. The number of hydrogen-bond donors (Lipinski definition) is 0. The minimum atomic E-state index is -0.107. The van der Waals surface area contributed by atoms with Crippen LogP contribution in [0.3, 0.4) is 0 Å². The molecule has 1 aromatic carbocycles. The number of Topliss-reactive ketones (excluding diaryl/α,β-unsaturated/α-hetero) is 1. The molecular weight excluding hydrogens is 378 g/mol. The van der Waals surface area contributed by atoms with Crippen molar-refractivity contribution in [1.82, 2.24) is 15.0 Å². The zero-order valence-corrected chi connectivity index (χ0v) is 13.7. The van der Waals surface area contributed by atoms with Gasteiger partial charge in [-0.05, 0) is 44.8 Å². The van der Waals surface area contributed by atoms with Crippen LogP contribution in [0.2, 0.25) is 0 Å². The van der Waals surface area contributed by atoms with Crippen molar-refractivity contribution in [2.24, 2.45) is 0 Å². The van der Waals surface area contributed by atoms with Crippen LogP contribution in [0, 0.1) is 6.92 Å². The molecule has 0 amide bonds. The lowest BCUT2D eigenvalue weighted by molar-refractivity contribution is 0.101. The van der Waals surface area contributed by atoms with Gasteiger partial charge in [-0.3, -0.25) is 4.79 Å². The van der Waals surface area contributed by atoms with E-state index < -0.39 is 0 Å². The van der Waals surface area contributed by atoms with E-state index in [0.29, 0.717) is 17.1 Å². The van der Waals surface area contributed by atoms with Gasteiger partial charge in [-0.15, -0.1) is 5.10 Å². The number of carbonyl (C=O) groups is 1. The van der Waals surface area contributed by atoms with E-state index in [1.807, 2.05) is 12.1 Å². The van der Waals surface area contributed by atoms with Crippen LogP contribution in [0.4, 0.5) is 0 Å². The van der Waals surface area contributed by atoms with E-state index in [2.05, 4.69) is 42.2 Å². The predicted octanol–water partition coefficient (Wildman–Crippen LogP) is 3.31. The molecule has 0 aliphatic carbocycles. The summed E-state index contributed by atoms with van der Waals surface area (Å²) in [7, 11) is 1.59. The van der Waals surface area contributed by atoms with Gasteiger partial charge in [0, 0.05) is 17.5 Å². The van der Waals surface area contributed by atoms with Gasteiger partial charge in [-0.1, -0.05) is 5.21 Å². The summed E-state index contributed by atoms with van der Waals surface area (Å²) in [4.78, 5) is 11.4. The number of ether oxygens (including phenoxy) is 1. The van der Waals surface area contributed by atoms with Gasteiger partial charge in [0.15, 0.2) is 11.5 Å². The number of aromatic nitrogens is 3. The molecule has 0 fully saturated rings. The quantitative estimate of drug-likeness (QED) is 0.757. The third-order valence-electron chi connectivity index (χ3n) is 2.68. The molecular formula is C12H11Br2N3O2. The van der Waals surface area contributed by atoms with E-state index in [1.165, 1.54) is 6.92 Å². The third-order valence-corrected chi connectivity index (χ3v) is 3.93. The normalized spacial score (nSPS) is 10.6. The number of hydrogen-bond acceptors (Lipinski definition) is 4. The Morgan fingerprint density at radius 1 is 1.32 bits per heavy atom. The van der Waals surface area contributed by atoms with Crippen LogP contribution < -0.4 is 4.74 Å². The van der Waals surface area contributed by atoms with E-state index in [1.54, 1.807) is 18.7 Å². The van der Waals surface area contributed by atoms with E-state index in [9.17, 15) is 4.79 Å². The first-order chi connectivity index (χ1) is 8.95. The number of ketones is 1. The van der Waals surface area contributed by atoms with Crippen molar-refractivity contribution >= 4 is 37.6 Å². The summed E-state index contributed by atoms with van der Waals surface area (Å²) >= 11 is 6.88. The molecule has 0 aliphatic heterocycles. The lowest BCUT2D eigenvalue weighted by Crippen LogP contribution is -2.03. The average Bonchev–Trinajstić information content (AvgIpc) is 2.71. The lowest BCUT2D eigenvalue weighted by atomic mass is 10.2. The summed E-state index contributed by atoms with van der Waals surface area (Å²) in [5.41, 5.74) is 1.82. The van der Waals surface area contributed by atoms with Crippen LogP contribution in [0.25, 0.3) is 5.69 Å². The highest BCUT2D eigenvalue weighted by Gasteiger charge is 2.17. The largest absolute Gasteiger partial charge is 0.495 e. The molecule has 2 rings (SSSR count). The molecule has 0 saturated heterocycles. The molecule has 0 atom stereocenters. The zero-order valence-electron chi connectivity index (χ0n) is 10.6. The second-order valence-electron chi connectivity index (χ2n) is 3.93. The zero-order chi connectivity index (χ0) is 14.2. The Morgan fingerprint density at radius 3 is 2.53 bits per heavy atom. The Bertz CT molecular complexity index is 653. The summed E-state index contributed by atoms with van der Waals surface area (Å²) in [6.07, 6.45) is 0. The number of carbonyl (C=O) groups excluding carboxylic acids is 1. The van der Waals surface area contributed by atoms with Crippen molar-refractivity contribution < 1.29 is 9.53 Å². The van der Waals surface area contributed by atoms with Gasteiger partial charge in [0.1, 0.15) is 5.75 Å². The first kappa shape index (κ1) is 14.2. The average molecular weight is 389 g/mol. The summed E-state index contributed by atoms with van der Waals surface area (Å²) < 4.78 is 8.52. The highest BCUT2D eigenvalue weighted by molar-refractivity contribution is 9.11. The molecule has 0 N–H and O–H groups in total. The highest BCUT2D eigenvalue weighted by Crippen LogP contribution is 2.33. The van der Waals surface area contributed by atoms with Crippen molar-refractivity contribution in [3.05, 3.63) is 32.5 Å². The number of rotatable bonds is 3. The fraction of sp³-hybridized carbons (Fsp3) is 0.250. The van der Waals surface area contributed by atoms with Crippen LogP contribution in [0.15, 0.2) is 21.1 Å². The van der Waals surface area contributed by atoms with Crippen molar-refractivity contribution in [3.63, 3.8) is 0 Å². The first-order valence-corrected chi connectivity index (χ1v) is 7.01. The fourth-order valence-corrected chi connectivity index (χ4v) is 3.04. The van der Waals surface area contributed by atoms with Crippen LogP contribution in [0.5, 0.6) is 5.75 Å². The maximum absolute atomic E-state index is 11.4. The van der Waals surface area contributed by atoms with Gasteiger partial charge < -0.3 is 4.74 Å². The van der Waals surface area contributed by atoms with Crippen molar-refractivity contribution in [2.45, 2.75) is 13.8 Å². The molecule has 19 heavy (non-hydrogen) atoms. The molecule has 0 spiro atoms. The number of methoxy groups -OCH3 is 1. The topological polar surface area (TPSA) is 57.0 Å². The Labute approximate surface area is 127 Å². The molecule has 7 heteroatoms. The summed E-state index contributed by atoms with van der Waals surface area (Å²) in [6, 6.07) is 3.68. The maximum atomic E-state index is 11.4. The van der Waals surface area contributed by atoms with Gasteiger partial charge in [0.2, 0.25) is 0 Å². The van der Waals surface area contributed by atoms with Crippen molar-refractivity contribution in [2.75, 3.05) is 7.11 Å². The van der Waals surface area contributed by atoms with E-state index >= 15 is 0 Å². The molecule has 5 nitrogen and oxygen atoms in total. The second kappa shape index (κ2) is 5.42. The molecule has 0 unspecified atom stereocenters. The predicted molar refractivity (Wildman–Crippen MR) is 78.1 cm³/mol. The van der Waals surface area contributed by atoms with E-state index in [4.69, 9.17) is 4.74 Å². The van der Waals surface area contributed by atoms with Gasteiger partial charge in [0.05, 0.1) is 23.0 Å². The van der Waals surface area contributed by atoms with Gasteiger partial charge >= 0.3 is 0 Å². The molecule has 1 heterocycles. The van der Waals surface area contributed by atoms with E-state index in [0.717, 1.165) is 14.6 Å². The van der Waals surface area contributed by atoms with E-state index in [-0.39, 0.29) is 5.78 Å². The summed E-state index contributed by atoms with van der Waals surface area (Å²) in [5.74, 6) is 0.571. The van der Waals surface area contributed by atoms with Gasteiger partial charge in [0.25, 0.3) is 0 Å². The molecule has 2 aromatic rings. The molecule has 0 bridgehead atoms. The van der Waals surface area contributed by atoms with Gasteiger partial charge in [-0.2, -0.15) is 0 Å². The van der Waals surface area contributed by atoms with Gasteiger partial charge in [-0.25, -0.2) is 4.68 Å². The molecule has 1 aromatic heterocycles. The maximum Gasteiger partial charge on any atom is 0.181 e. The SMILES string of the molecule is COc1cc(-n2nnc(C(C)=O)c2C)c(Br)cc1Br. The number of halogens is 2. The van der Waals surface area contributed by atoms with Crippen molar-refractivity contribution in [3.8, 4) is 11.4 Å². The second-order valence-corrected chi connectivity index (χ2v) is 5.64. The summed E-state index contributed by atoms with van der Waals surface area (Å²) in [5, 5.41) is 7.92. The minimum Gasteiger partial charge on any atom is -0.495 e. The monoisotopic (exact) mass is 387 g/mol. The number of benzene rings is 1. The lowest BCUT2D eigenvalue weighted by Gasteiger charge is -2.10. The minimum absolute atomic E-state index is 0.107. The van der Waals surface area contributed by atoms with Crippen LogP contribution in [-0.4, -0.2) is 27.9 Å². The standard InChI is InChI=1S/C12H11Br2N3O2/c1-6-12(7(2)18)15-16-17(6)10-5-11(19-3)9(14)4-8(10)13/h4-5H,1-3H3. The Hall–Kier alpha value is -1.21. The molecule has 100 valence electrons. The smallest absolute Gasteiger partial charge is 0.181 e. The Kier molecular flexibility index (Phi) is 4.05. The first-order valence-electron chi connectivity index (χ1n) is 5.42. The third kappa shape index (κ3) is 2.57.